The summed E-state index contributed by atoms with van der Waals surface area (Å²) in [6.07, 6.45) is 2.82. The SMILES string of the molecule is COc1cc(C=NNC(=O)c2[nH]c3cc(Cl)cc(Cl)c3c2-c2ccccc2)ccc1OC(=O)c1ccco1. The molecule has 0 saturated carbocycles. The lowest BCUT2D eigenvalue weighted by Crippen LogP contribution is -2.18. The second-order valence-corrected chi connectivity index (χ2v) is 8.87. The van der Waals surface area contributed by atoms with Crippen molar-refractivity contribution in [2.24, 2.45) is 5.10 Å². The third-order valence-electron chi connectivity index (χ3n) is 5.60. The Balaban J connectivity index is 1.38. The molecular formula is C28H19Cl2N3O5. The molecule has 2 heterocycles. The first kappa shape index (κ1) is 25.1. The van der Waals surface area contributed by atoms with Crippen molar-refractivity contribution in [1.82, 2.24) is 10.4 Å². The largest absolute Gasteiger partial charge is 0.493 e. The maximum atomic E-state index is 13.2. The van der Waals surface area contributed by atoms with Crippen LogP contribution in [0.5, 0.6) is 11.5 Å². The van der Waals surface area contributed by atoms with Crippen LogP contribution in [0.15, 0.2) is 88.6 Å². The quantitative estimate of drug-likeness (QED) is 0.102. The van der Waals surface area contributed by atoms with E-state index < -0.39 is 11.9 Å². The number of H-pyrrole nitrogens is 1. The fourth-order valence-electron chi connectivity index (χ4n) is 3.93. The number of nitrogens with zero attached hydrogens (tertiary/aromatic N) is 1. The first-order valence-corrected chi connectivity index (χ1v) is 12.0. The van der Waals surface area contributed by atoms with Gasteiger partial charge in [0, 0.05) is 21.5 Å². The van der Waals surface area contributed by atoms with Gasteiger partial charge in [-0.3, -0.25) is 4.79 Å². The Morgan fingerprint density at radius 1 is 1.00 bits per heavy atom. The lowest BCUT2D eigenvalue weighted by atomic mass is 10.0. The molecule has 0 aliphatic rings. The maximum Gasteiger partial charge on any atom is 0.379 e. The molecule has 0 radical (unpaired) electrons. The molecule has 38 heavy (non-hydrogen) atoms. The van der Waals surface area contributed by atoms with Gasteiger partial charge < -0.3 is 18.9 Å². The summed E-state index contributed by atoms with van der Waals surface area (Å²) in [5.74, 6) is -0.559. The van der Waals surface area contributed by atoms with Crippen LogP contribution >= 0.6 is 23.2 Å². The number of nitrogens with one attached hydrogen (secondary N) is 2. The first-order valence-electron chi connectivity index (χ1n) is 11.3. The summed E-state index contributed by atoms with van der Waals surface area (Å²) in [4.78, 5) is 28.5. The van der Waals surface area contributed by atoms with E-state index in [1.54, 1.807) is 36.4 Å². The average Bonchev–Trinajstić information content (AvgIpc) is 3.59. The standard InChI is InChI=1S/C28H19Cl2N3O5/c1-36-23-12-16(9-10-21(23)38-28(35)22-8-5-11-37-22)15-31-33-27(34)26-24(17-6-3-2-4-7-17)25-19(30)13-18(29)14-20(25)32-26/h2-15,32H,1H3,(H,33,34). The molecule has 5 rings (SSSR count). The summed E-state index contributed by atoms with van der Waals surface area (Å²) >= 11 is 12.7. The Labute approximate surface area is 226 Å². The number of hydrazone groups is 1. The Morgan fingerprint density at radius 3 is 2.55 bits per heavy atom. The van der Waals surface area contributed by atoms with Crippen LogP contribution in [0.1, 0.15) is 26.6 Å². The summed E-state index contributed by atoms with van der Waals surface area (Å²) in [7, 11) is 1.45. The summed E-state index contributed by atoms with van der Waals surface area (Å²) in [6, 6.07) is 20.7. The van der Waals surface area contributed by atoms with E-state index in [0.29, 0.717) is 37.8 Å². The molecule has 1 amide bonds. The average molecular weight is 548 g/mol. The number of esters is 1. The zero-order chi connectivity index (χ0) is 26.6. The lowest BCUT2D eigenvalue weighted by molar-refractivity contribution is 0.0696. The molecular weight excluding hydrogens is 529 g/mol. The Bertz CT molecular complexity index is 1660. The molecule has 0 bridgehead atoms. The number of benzene rings is 3. The highest BCUT2D eigenvalue weighted by molar-refractivity contribution is 6.40. The molecule has 0 spiro atoms. The molecule has 0 saturated heterocycles. The van der Waals surface area contributed by atoms with Gasteiger partial charge in [-0.1, -0.05) is 53.5 Å². The van der Waals surface area contributed by atoms with Crippen molar-refractivity contribution in [3.05, 3.63) is 106 Å². The van der Waals surface area contributed by atoms with Gasteiger partial charge in [0.25, 0.3) is 5.91 Å². The van der Waals surface area contributed by atoms with Gasteiger partial charge in [-0.2, -0.15) is 5.10 Å². The van der Waals surface area contributed by atoms with Crippen LogP contribution in [-0.2, 0) is 0 Å². The van der Waals surface area contributed by atoms with Crippen LogP contribution in [0.3, 0.4) is 0 Å². The van der Waals surface area contributed by atoms with Crippen molar-refractivity contribution in [2.45, 2.75) is 0 Å². The van der Waals surface area contributed by atoms with Crippen LogP contribution in [-0.4, -0.2) is 30.2 Å². The summed E-state index contributed by atoms with van der Waals surface area (Å²) in [6.45, 7) is 0. The maximum absolute atomic E-state index is 13.2. The molecule has 190 valence electrons. The molecule has 5 aromatic rings. The van der Waals surface area contributed by atoms with Crippen LogP contribution in [0.4, 0.5) is 0 Å². The van der Waals surface area contributed by atoms with Crippen LogP contribution in [0.25, 0.3) is 22.0 Å². The van der Waals surface area contributed by atoms with Gasteiger partial charge in [0.15, 0.2) is 11.5 Å². The molecule has 8 nitrogen and oxygen atoms in total. The number of aromatic nitrogens is 1. The predicted octanol–water partition coefficient (Wildman–Crippen LogP) is 6.73. The number of rotatable bonds is 7. The highest BCUT2D eigenvalue weighted by Gasteiger charge is 2.21. The van der Waals surface area contributed by atoms with E-state index >= 15 is 0 Å². The normalized spacial score (nSPS) is 11.1. The van der Waals surface area contributed by atoms with E-state index in [2.05, 4.69) is 15.5 Å². The number of carbonyl (C=O) groups excluding carboxylic acids is 2. The monoisotopic (exact) mass is 547 g/mol. The topological polar surface area (TPSA) is 106 Å². The third-order valence-corrected chi connectivity index (χ3v) is 6.11. The zero-order valence-electron chi connectivity index (χ0n) is 19.8. The van der Waals surface area contributed by atoms with Crippen LogP contribution in [0, 0.1) is 0 Å². The van der Waals surface area contributed by atoms with Crippen LogP contribution in [0.2, 0.25) is 10.0 Å². The van der Waals surface area contributed by atoms with Gasteiger partial charge in [-0.05, 0) is 53.6 Å². The Hall–Kier alpha value is -4.53. The molecule has 0 atom stereocenters. The van der Waals surface area contributed by atoms with Crippen molar-refractivity contribution < 1.29 is 23.5 Å². The van der Waals surface area contributed by atoms with Gasteiger partial charge in [-0.15, -0.1) is 0 Å². The minimum absolute atomic E-state index is 0.0656. The second kappa shape index (κ2) is 10.8. The van der Waals surface area contributed by atoms with E-state index in [1.807, 2.05) is 30.3 Å². The molecule has 0 unspecified atom stereocenters. The van der Waals surface area contributed by atoms with Gasteiger partial charge in [0.05, 0.1) is 24.6 Å². The summed E-state index contributed by atoms with van der Waals surface area (Å²) in [5, 5.41) is 5.64. The second-order valence-electron chi connectivity index (χ2n) is 8.03. The van der Waals surface area contributed by atoms with E-state index in [4.69, 9.17) is 37.1 Å². The predicted molar refractivity (Wildman–Crippen MR) is 145 cm³/mol. The molecule has 10 heteroatoms. The number of furan rings is 1. The number of aromatic amines is 1. The highest BCUT2D eigenvalue weighted by Crippen LogP contribution is 2.38. The number of methoxy groups -OCH3 is 1. The Kier molecular flexibility index (Phi) is 7.17. The smallest absolute Gasteiger partial charge is 0.379 e. The van der Waals surface area contributed by atoms with Crippen molar-refractivity contribution >= 4 is 52.2 Å². The van der Waals surface area contributed by atoms with Crippen molar-refractivity contribution in [3.8, 4) is 22.6 Å². The number of hydrogen-bond acceptors (Lipinski definition) is 6. The molecule has 2 N–H and O–H groups in total. The van der Waals surface area contributed by atoms with Crippen molar-refractivity contribution in [1.29, 1.82) is 0 Å². The van der Waals surface area contributed by atoms with E-state index in [1.165, 1.54) is 25.7 Å². The Morgan fingerprint density at radius 2 is 1.82 bits per heavy atom. The number of ether oxygens (including phenoxy) is 2. The minimum Gasteiger partial charge on any atom is -0.493 e. The van der Waals surface area contributed by atoms with E-state index in [0.717, 1.165) is 5.56 Å². The van der Waals surface area contributed by atoms with Gasteiger partial charge in [0.1, 0.15) is 5.69 Å². The molecule has 0 fully saturated rings. The van der Waals surface area contributed by atoms with Crippen molar-refractivity contribution in [3.63, 3.8) is 0 Å². The number of fused-ring (bicyclic) bond motifs is 1. The van der Waals surface area contributed by atoms with Gasteiger partial charge in [-0.25, -0.2) is 10.2 Å². The number of halogens is 2. The number of hydrogen-bond donors (Lipinski definition) is 2. The number of amides is 1. The highest BCUT2D eigenvalue weighted by atomic mass is 35.5. The first-order chi connectivity index (χ1) is 18.4. The minimum atomic E-state index is -0.657. The zero-order valence-corrected chi connectivity index (χ0v) is 21.3. The van der Waals surface area contributed by atoms with Gasteiger partial charge in [0.2, 0.25) is 5.76 Å². The van der Waals surface area contributed by atoms with Crippen LogP contribution < -0.4 is 14.9 Å². The fourth-order valence-corrected chi connectivity index (χ4v) is 4.52. The van der Waals surface area contributed by atoms with Crippen molar-refractivity contribution in [2.75, 3.05) is 7.11 Å². The van der Waals surface area contributed by atoms with E-state index in [9.17, 15) is 9.59 Å². The lowest BCUT2D eigenvalue weighted by Gasteiger charge is -2.09. The summed E-state index contributed by atoms with van der Waals surface area (Å²) in [5.41, 5.74) is 5.49. The third kappa shape index (κ3) is 5.13. The van der Waals surface area contributed by atoms with E-state index in [-0.39, 0.29) is 17.2 Å². The van der Waals surface area contributed by atoms with Gasteiger partial charge >= 0.3 is 5.97 Å². The molecule has 0 aliphatic heterocycles. The summed E-state index contributed by atoms with van der Waals surface area (Å²) < 4.78 is 15.7. The molecule has 2 aromatic heterocycles. The molecule has 3 aromatic carbocycles. The fraction of sp³-hybridized carbons (Fsp3) is 0.0357. The molecule has 0 aliphatic carbocycles. The number of carbonyl (C=O) groups is 2.